The van der Waals surface area contributed by atoms with E-state index in [0.717, 1.165) is 0 Å². The smallest absolute Gasteiger partial charge is 0.405 e. The molecule has 210 valence electrons. The van der Waals surface area contributed by atoms with E-state index >= 15 is 0 Å². The number of nitrogens with two attached hydrogens (primary N) is 1. The van der Waals surface area contributed by atoms with Crippen LogP contribution in [0.4, 0.5) is 5.82 Å². The van der Waals surface area contributed by atoms with Crippen molar-refractivity contribution in [2.75, 3.05) is 45.1 Å². The predicted molar refractivity (Wildman–Crippen MR) is 143 cm³/mol. The van der Waals surface area contributed by atoms with Crippen LogP contribution >= 0.6 is 7.60 Å². The number of anilines is 1. The van der Waals surface area contributed by atoms with Crippen LogP contribution in [0.1, 0.15) is 18.6 Å². The predicted octanol–water partition coefficient (Wildman–Crippen LogP) is 3.97. The van der Waals surface area contributed by atoms with Crippen molar-refractivity contribution >= 4 is 24.6 Å². The topological polar surface area (TPSA) is 151 Å². The second kappa shape index (κ2) is 11.2. The van der Waals surface area contributed by atoms with Gasteiger partial charge in [-0.05, 0) is 25.1 Å². The lowest BCUT2D eigenvalue weighted by atomic mass is 10.1. The normalized spacial score (nSPS) is 16.3. The number of hydrogen-bond donors (Lipinski definition) is 1. The average molecular weight is 570 g/mol. The summed E-state index contributed by atoms with van der Waals surface area (Å²) >= 11 is 0. The maximum atomic E-state index is 14.2. The fourth-order valence-electron chi connectivity index (χ4n) is 4.46. The van der Waals surface area contributed by atoms with Crippen LogP contribution in [0.5, 0.6) is 28.7 Å². The number of nitrogen functional groups attached to an aromatic ring is 1. The summed E-state index contributed by atoms with van der Waals surface area (Å²) < 4.78 is 57.0. The van der Waals surface area contributed by atoms with Crippen LogP contribution in [0.2, 0.25) is 0 Å². The number of ether oxygens (including phenoxy) is 5. The zero-order valence-corrected chi connectivity index (χ0v) is 22.6. The molecular weight excluding hydrogens is 541 g/mol. The van der Waals surface area contributed by atoms with Gasteiger partial charge in [-0.25, -0.2) is 19.5 Å². The van der Waals surface area contributed by atoms with Gasteiger partial charge >= 0.3 is 7.60 Å². The van der Waals surface area contributed by atoms with Gasteiger partial charge in [0.2, 0.25) is 5.75 Å². The quantitative estimate of drug-likeness (QED) is 0.217. The van der Waals surface area contributed by atoms with E-state index in [1.54, 1.807) is 36.0 Å². The summed E-state index contributed by atoms with van der Waals surface area (Å²) in [6, 6.07) is 10.6. The number of nitrogens with zero attached hydrogens (tertiary/aromatic N) is 4. The molecule has 40 heavy (non-hydrogen) atoms. The Bertz CT molecular complexity index is 1560. The van der Waals surface area contributed by atoms with Crippen LogP contribution in [0.25, 0.3) is 11.2 Å². The molecule has 0 spiro atoms. The first-order valence-electron chi connectivity index (χ1n) is 12.7. The van der Waals surface area contributed by atoms with Gasteiger partial charge in [0.25, 0.3) is 0 Å². The van der Waals surface area contributed by atoms with E-state index in [9.17, 15) is 4.57 Å². The third kappa shape index (κ3) is 5.35. The molecule has 2 aromatic carbocycles. The molecule has 0 saturated carbocycles. The molecule has 0 aliphatic carbocycles. The SMILES string of the molecule is CC(OP(=O)(COCCn1cnc2c(N)ncnc21)Oc1cccc2c1OCCO2)c1cccc2c1OCCO2. The minimum absolute atomic E-state index is 0.171. The molecule has 0 bridgehead atoms. The lowest BCUT2D eigenvalue weighted by Gasteiger charge is -2.27. The molecule has 0 fully saturated rings. The van der Waals surface area contributed by atoms with Crippen molar-refractivity contribution < 1.29 is 37.3 Å². The second-order valence-electron chi connectivity index (χ2n) is 9.01. The second-order valence-corrected chi connectivity index (χ2v) is 10.9. The Morgan fingerprint density at radius 1 is 0.975 bits per heavy atom. The molecule has 13 nitrogen and oxygen atoms in total. The summed E-state index contributed by atoms with van der Waals surface area (Å²) in [5.74, 6) is 2.54. The molecule has 2 atom stereocenters. The van der Waals surface area contributed by atoms with E-state index < -0.39 is 13.7 Å². The molecule has 4 heterocycles. The fraction of sp³-hybridized carbons (Fsp3) is 0.346. The maximum Gasteiger partial charge on any atom is 0.405 e. The van der Waals surface area contributed by atoms with Crippen LogP contribution < -0.4 is 29.2 Å². The number of benzene rings is 2. The van der Waals surface area contributed by atoms with E-state index in [4.69, 9.17) is 38.5 Å². The standard InChI is InChI=1S/C26H28N5O8P/c1-17(18-4-2-5-19-23(18)36-12-10-34-19)38-40(32,39-21-7-3-6-20-24(21)37-13-11-35-20)16-33-9-8-31-15-30-22-25(27)28-14-29-26(22)31/h2-7,14-15,17H,8-13,16H2,1H3,(H2,27,28,29). The lowest BCUT2D eigenvalue weighted by Crippen LogP contribution is -2.18. The highest BCUT2D eigenvalue weighted by atomic mass is 31.2. The van der Waals surface area contributed by atoms with Crippen molar-refractivity contribution in [3.63, 3.8) is 0 Å². The Hall–Kier alpha value is -4.06. The summed E-state index contributed by atoms with van der Waals surface area (Å²) in [6.07, 6.45) is 1.96. The summed E-state index contributed by atoms with van der Waals surface area (Å²) in [6.45, 7) is 3.92. The van der Waals surface area contributed by atoms with Crippen LogP contribution in [-0.4, -0.2) is 58.9 Å². The van der Waals surface area contributed by atoms with Crippen LogP contribution in [-0.2, 0) is 20.4 Å². The van der Waals surface area contributed by atoms with Gasteiger partial charge in [0, 0.05) is 12.1 Å². The number of aromatic nitrogens is 4. The molecule has 0 amide bonds. The number of imidazole rings is 1. The average Bonchev–Trinajstić information content (AvgIpc) is 3.39. The molecule has 0 saturated heterocycles. The minimum atomic E-state index is -3.93. The molecule has 2 aliphatic rings. The molecule has 14 heteroatoms. The van der Waals surface area contributed by atoms with Crippen molar-refractivity contribution in [1.82, 2.24) is 19.5 Å². The highest BCUT2D eigenvalue weighted by Crippen LogP contribution is 2.56. The van der Waals surface area contributed by atoms with E-state index in [-0.39, 0.29) is 18.7 Å². The van der Waals surface area contributed by atoms with Crippen molar-refractivity contribution in [3.8, 4) is 28.7 Å². The molecule has 2 aromatic heterocycles. The van der Waals surface area contributed by atoms with Crippen molar-refractivity contribution in [2.24, 2.45) is 0 Å². The maximum absolute atomic E-state index is 14.2. The van der Waals surface area contributed by atoms with Gasteiger partial charge in [-0.1, -0.05) is 18.2 Å². The molecule has 2 aliphatic heterocycles. The van der Waals surface area contributed by atoms with E-state index in [2.05, 4.69) is 15.0 Å². The molecule has 2 unspecified atom stereocenters. The monoisotopic (exact) mass is 569 g/mol. The zero-order chi connectivity index (χ0) is 27.5. The van der Waals surface area contributed by atoms with Gasteiger partial charge in [-0.15, -0.1) is 0 Å². The van der Waals surface area contributed by atoms with E-state index in [0.29, 0.717) is 78.5 Å². The first kappa shape index (κ1) is 26.2. The summed E-state index contributed by atoms with van der Waals surface area (Å²) in [7, 11) is -3.93. The van der Waals surface area contributed by atoms with Crippen LogP contribution in [0.15, 0.2) is 49.1 Å². The third-order valence-corrected chi connectivity index (χ3v) is 7.89. The molecule has 0 radical (unpaired) electrons. The van der Waals surface area contributed by atoms with Gasteiger partial charge in [-0.2, -0.15) is 0 Å². The summed E-state index contributed by atoms with van der Waals surface area (Å²) in [5.41, 5.74) is 7.63. The Morgan fingerprint density at radius 2 is 1.70 bits per heavy atom. The van der Waals surface area contributed by atoms with Crippen LogP contribution in [0, 0.1) is 0 Å². The minimum Gasteiger partial charge on any atom is -0.486 e. The van der Waals surface area contributed by atoms with E-state index in [1.165, 1.54) is 6.33 Å². The van der Waals surface area contributed by atoms with Crippen LogP contribution in [0.3, 0.4) is 0 Å². The summed E-state index contributed by atoms with van der Waals surface area (Å²) in [4.78, 5) is 12.4. The Labute approximate surface area is 229 Å². The van der Waals surface area contributed by atoms with Gasteiger partial charge in [0.05, 0.1) is 19.0 Å². The number of hydrogen-bond acceptors (Lipinski definition) is 12. The Kier molecular flexibility index (Phi) is 7.33. The highest BCUT2D eigenvalue weighted by Gasteiger charge is 2.34. The lowest BCUT2D eigenvalue weighted by molar-refractivity contribution is 0.119. The largest absolute Gasteiger partial charge is 0.486 e. The third-order valence-electron chi connectivity index (χ3n) is 6.28. The molecular formula is C26H28N5O8P. The Balaban J connectivity index is 1.21. The molecule has 4 aromatic rings. The van der Waals surface area contributed by atoms with Crippen molar-refractivity contribution in [1.29, 1.82) is 0 Å². The van der Waals surface area contributed by atoms with Gasteiger partial charge in [0.1, 0.15) is 38.3 Å². The highest BCUT2D eigenvalue weighted by molar-refractivity contribution is 7.54. The van der Waals surface area contributed by atoms with Crippen molar-refractivity contribution in [3.05, 3.63) is 54.6 Å². The fourth-order valence-corrected chi connectivity index (χ4v) is 6.01. The molecule has 6 rings (SSSR count). The Morgan fingerprint density at radius 3 is 2.52 bits per heavy atom. The van der Waals surface area contributed by atoms with Crippen molar-refractivity contribution in [2.45, 2.75) is 19.6 Å². The number of fused-ring (bicyclic) bond motifs is 3. The van der Waals surface area contributed by atoms with E-state index in [1.807, 2.05) is 18.2 Å². The number of rotatable bonds is 10. The molecule has 2 N–H and O–H groups in total. The number of para-hydroxylation sites is 2. The first-order valence-corrected chi connectivity index (χ1v) is 14.5. The first-order chi connectivity index (χ1) is 19.5. The van der Waals surface area contributed by atoms with Gasteiger partial charge in [-0.3, -0.25) is 4.52 Å². The zero-order valence-electron chi connectivity index (χ0n) is 21.7. The van der Waals surface area contributed by atoms with Gasteiger partial charge < -0.3 is 38.5 Å². The van der Waals surface area contributed by atoms with Gasteiger partial charge in [0.15, 0.2) is 40.8 Å². The summed E-state index contributed by atoms with van der Waals surface area (Å²) in [5, 5.41) is 0.